The Kier molecular flexibility index (Phi) is 4.47. The van der Waals surface area contributed by atoms with Gasteiger partial charge in [0.25, 0.3) is 5.91 Å². The zero-order chi connectivity index (χ0) is 18.0. The molecule has 25 heavy (non-hydrogen) atoms. The Hall–Kier alpha value is -3.22. The molecular formula is C18H15F2N3O2. The molecule has 5 nitrogen and oxygen atoms in total. The monoisotopic (exact) mass is 343 g/mol. The molecule has 1 aromatic heterocycles. The van der Waals surface area contributed by atoms with Crippen LogP contribution in [0.5, 0.6) is 5.75 Å². The number of aryl methyl sites for hydroxylation is 1. The van der Waals surface area contributed by atoms with Gasteiger partial charge >= 0.3 is 0 Å². The van der Waals surface area contributed by atoms with E-state index in [-0.39, 0.29) is 5.56 Å². The van der Waals surface area contributed by atoms with E-state index in [1.54, 1.807) is 32.2 Å². The molecule has 0 radical (unpaired) electrons. The SMILES string of the molecule is COc1cccc(-c2n[nH]c(C)c2NC(=O)c2ccc(F)cc2F)c1. The first-order chi connectivity index (χ1) is 12.0. The lowest BCUT2D eigenvalue weighted by atomic mass is 10.1. The number of methoxy groups -OCH3 is 1. The molecule has 0 aliphatic rings. The number of carbonyl (C=O) groups is 1. The van der Waals surface area contributed by atoms with Crippen LogP contribution in [0.2, 0.25) is 0 Å². The predicted octanol–water partition coefficient (Wildman–Crippen LogP) is 3.92. The van der Waals surface area contributed by atoms with Crippen LogP contribution in [-0.2, 0) is 0 Å². The van der Waals surface area contributed by atoms with Crippen LogP contribution < -0.4 is 10.1 Å². The molecule has 0 spiro atoms. The van der Waals surface area contributed by atoms with Crippen molar-refractivity contribution in [3.63, 3.8) is 0 Å². The van der Waals surface area contributed by atoms with E-state index in [1.807, 2.05) is 6.07 Å². The summed E-state index contributed by atoms with van der Waals surface area (Å²) >= 11 is 0. The van der Waals surface area contributed by atoms with Crippen molar-refractivity contribution in [2.45, 2.75) is 6.92 Å². The van der Waals surface area contributed by atoms with Crippen molar-refractivity contribution in [3.8, 4) is 17.0 Å². The quantitative estimate of drug-likeness (QED) is 0.754. The number of nitrogens with one attached hydrogen (secondary N) is 2. The van der Waals surface area contributed by atoms with E-state index in [2.05, 4.69) is 15.5 Å². The maximum atomic E-state index is 13.8. The molecule has 0 fully saturated rings. The fourth-order valence-electron chi connectivity index (χ4n) is 2.42. The number of H-pyrrole nitrogens is 1. The lowest BCUT2D eigenvalue weighted by Crippen LogP contribution is -2.14. The first-order valence-corrected chi connectivity index (χ1v) is 7.45. The van der Waals surface area contributed by atoms with Gasteiger partial charge in [-0.05, 0) is 31.2 Å². The molecule has 0 aliphatic carbocycles. The summed E-state index contributed by atoms with van der Waals surface area (Å²) in [6, 6.07) is 9.96. The number of aromatic amines is 1. The van der Waals surface area contributed by atoms with Gasteiger partial charge in [-0.1, -0.05) is 12.1 Å². The second-order valence-corrected chi connectivity index (χ2v) is 5.38. The van der Waals surface area contributed by atoms with E-state index >= 15 is 0 Å². The number of hydrogen-bond donors (Lipinski definition) is 2. The summed E-state index contributed by atoms with van der Waals surface area (Å²) in [5.74, 6) is -1.72. The Balaban J connectivity index is 1.95. The third-order valence-electron chi connectivity index (χ3n) is 3.70. The van der Waals surface area contributed by atoms with Crippen LogP contribution in [0.3, 0.4) is 0 Å². The molecular weight excluding hydrogens is 328 g/mol. The Labute approximate surface area is 142 Å². The topological polar surface area (TPSA) is 67.0 Å². The van der Waals surface area contributed by atoms with Gasteiger partial charge in [0.15, 0.2) is 0 Å². The minimum Gasteiger partial charge on any atom is -0.497 e. The van der Waals surface area contributed by atoms with Crippen molar-refractivity contribution in [3.05, 3.63) is 65.4 Å². The van der Waals surface area contributed by atoms with Gasteiger partial charge < -0.3 is 10.1 Å². The van der Waals surface area contributed by atoms with Crippen LogP contribution in [0.25, 0.3) is 11.3 Å². The van der Waals surface area contributed by atoms with E-state index in [1.165, 1.54) is 0 Å². The van der Waals surface area contributed by atoms with E-state index in [9.17, 15) is 13.6 Å². The van der Waals surface area contributed by atoms with Crippen LogP contribution in [0, 0.1) is 18.6 Å². The number of amides is 1. The fourth-order valence-corrected chi connectivity index (χ4v) is 2.42. The van der Waals surface area contributed by atoms with Crippen LogP contribution in [0.15, 0.2) is 42.5 Å². The number of aromatic nitrogens is 2. The normalized spacial score (nSPS) is 10.6. The van der Waals surface area contributed by atoms with Crippen LogP contribution >= 0.6 is 0 Å². The van der Waals surface area contributed by atoms with Gasteiger partial charge in [0.2, 0.25) is 0 Å². The molecule has 3 rings (SSSR count). The highest BCUT2D eigenvalue weighted by molar-refractivity contribution is 6.06. The number of hydrogen-bond acceptors (Lipinski definition) is 3. The van der Waals surface area contributed by atoms with Crippen molar-refractivity contribution < 1.29 is 18.3 Å². The fraction of sp³-hybridized carbons (Fsp3) is 0.111. The molecule has 0 atom stereocenters. The molecule has 7 heteroatoms. The molecule has 0 saturated heterocycles. The average Bonchev–Trinajstić information content (AvgIpc) is 2.95. The highest BCUT2D eigenvalue weighted by atomic mass is 19.1. The number of benzene rings is 2. The van der Waals surface area contributed by atoms with E-state index in [0.29, 0.717) is 28.9 Å². The van der Waals surface area contributed by atoms with Gasteiger partial charge in [0.1, 0.15) is 23.1 Å². The third kappa shape index (κ3) is 3.35. The van der Waals surface area contributed by atoms with Crippen molar-refractivity contribution in [1.29, 1.82) is 0 Å². The Morgan fingerprint density at radius 3 is 2.72 bits per heavy atom. The smallest absolute Gasteiger partial charge is 0.258 e. The third-order valence-corrected chi connectivity index (χ3v) is 3.70. The number of anilines is 1. The van der Waals surface area contributed by atoms with Gasteiger partial charge in [0, 0.05) is 11.6 Å². The number of carbonyl (C=O) groups excluding carboxylic acids is 1. The molecule has 0 aliphatic heterocycles. The van der Waals surface area contributed by atoms with Crippen LogP contribution in [0.4, 0.5) is 14.5 Å². The summed E-state index contributed by atoms with van der Waals surface area (Å²) in [7, 11) is 1.55. The molecule has 2 aromatic carbocycles. The summed E-state index contributed by atoms with van der Waals surface area (Å²) in [5, 5.41) is 9.63. The lowest BCUT2D eigenvalue weighted by molar-refractivity contribution is 0.102. The van der Waals surface area contributed by atoms with Crippen molar-refractivity contribution in [2.75, 3.05) is 12.4 Å². The first-order valence-electron chi connectivity index (χ1n) is 7.45. The van der Waals surface area contributed by atoms with Gasteiger partial charge in [-0.15, -0.1) is 0 Å². The van der Waals surface area contributed by atoms with Crippen molar-refractivity contribution >= 4 is 11.6 Å². The molecule has 3 aromatic rings. The van der Waals surface area contributed by atoms with E-state index in [0.717, 1.165) is 17.7 Å². The first kappa shape index (κ1) is 16.6. The molecule has 1 amide bonds. The minimum absolute atomic E-state index is 0.251. The van der Waals surface area contributed by atoms with Crippen LogP contribution in [0.1, 0.15) is 16.1 Å². The van der Waals surface area contributed by atoms with Gasteiger partial charge in [-0.2, -0.15) is 5.10 Å². The second-order valence-electron chi connectivity index (χ2n) is 5.38. The zero-order valence-electron chi connectivity index (χ0n) is 13.6. The molecule has 128 valence electrons. The highest BCUT2D eigenvalue weighted by Gasteiger charge is 2.18. The maximum absolute atomic E-state index is 13.8. The minimum atomic E-state index is -0.929. The van der Waals surface area contributed by atoms with Crippen molar-refractivity contribution in [1.82, 2.24) is 10.2 Å². The molecule has 2 N–H and O–H groups in total. The standard InChI is InChI=1S/C18H15F2N3O2/c1-10-16(21-18(24)14-7-6-12(19)9-15(14)20)17(23-22-10)11-4-3-5-13(8-11)25-2/h3-9H,1-2H3,(H,21,24)(H,22,23). The largest absolute Gasteiger partial charge is 0.497 e. The summed E-state index contributed by atoms with van der Waals surface area (Å²) < 4.78 is 32.0. The van der Waals surface area contributed by atoms with Gasteiger partial charge in [-0.25, -0.2) is 8.78 Å². The summed E-state index contributed by atoms with van der Waals surface area (Å²) in [6.45, 7) is 1.73. The van der Waals surface area contributed by atoms with Gasteiger partial charge in [0.05, 0.1) is 24.1 Å². The number of halogens is 2. The highest BCUT2D eigenvalue weighted by Crippen LogP contribution is 2.31. The number of nitrogens with zero attached hydrogens (tertiary/aromatic N) is 1. The zero-order valence-corrected chi connectivity index (χ0v) is 13.6. The average molecular weight is 343 g/mol. The maximum Gasteiger partial charge on any atom is 0.258 e. The van der Waals surface area contributed by atoms with E-state index < -0.39 is 17.5 Å². The van der Waals surface area contributed by atoms with Crippen molar-refractivity contribution in [2.24, 2.45) is 0 Å². The lowest BCUT2D eigenvalue weighted by Gasteiger charge is -2.09. The molecule has 0 bridgehead atoms. The van der Waals surface area contributed by atoms with Gasteiger partial charge in [-0.3, -0.25) is 9.89 Å². The molecule has 0 saturated carbocycles. The Bertz CT molecular complexity index is 938. The predicted molar refractivity (Wildman–Crippen MR) is 89.6 cm³/mol. The summed E-state index contributed by atoms with van der Waals surface area (Å²) in [6.07, 6.45) is 0. The summed E-state index contributed by atoms with van der Waals surface area (Å²) in [4.78, 5) is 12.4. The number of rotatable bonds is 4. The van der Waals surface area contributed by atoms with E-state index in [4.69, 9.17) is 4.74 Å². The second kappa shape index (κ2) is 6.72. The van der Waals surface area contributed by atoms with Crippen LogP contribution in [-0.4, -0.2) is 23.2 Å². The Morgan fingerprint density at radius 1 is 1.20 bits per heavy atom. The molecule has 0 unspecified atom stereocenters. The summed E-state index contributed by atoms with van der Waals surface area (Å²) in [5.41, 5.74) is 1.99. The number of ether oxygens (including phenoxy) is 1. The molecule has 1 heterocycles. The Morgan fingerprint density at radius 2 is 2.00 bits per heavy atom.